The van der Waals surface area contributed by atoms with Crippen LogP contribution in [0, 0.1) is 0 Å². The number of fused-ring (bicyclic) bond motifs is 2. The third-order valence-electron chi connectivity index (χ3n) is 7.28. The first-order valence-electron chi connectivity index (χ1n) is 11.5. The van der Waals surface area contributed by atoms with Crippen molar-refractivity contribution in [2.75, 3.05) is 23.8 Å². The topological polar surface area (TPSA) is 128 Å². The van der Waals surface area contributed by atoms with Crippen LogP contribution in [0.25, 0.3) is 5.65 Å². The Kier molecular flexibility index (Phi) is 4.73. The molecule has 0 spiro atoms. The average molecular weight is 450 g/mol. The van der Waals surface area contributed by atoms with Gasteiger partial charge >= 0.3 is 0 Å². The fourth-order valence-corrected chi connectivity index (χ4v) is 5.09. The highest BCUT2D eigenvalue weighted by Gasteiger charge is 2.41. The molecule has 10 heteroatoms. The number of nitrogens with one attached hydrogen (secondary N) is 2. The first kappa shape index (κ1) is 20.4. The third kappa shape index (κ3) is 3.24. The Hall–Kier alpha value is -3.24. The molecule has 0 bridgehead atoms. The van der Waals surface area contributed by atoms with Crippen LogP contribution in [0.15, 0.2) is 30.6 Å². The molecule has 0 aromatic carbocycles. The maximum Gasteiger partial charge on any atom is 0.257 e. The van der Waals surface area contributed by atoms with Crippen LogP contribution in [0.1, 0.15) is 53.2 Å². The van der Waals surface area contributed by atoms with Crippen molar-refractivity contribution in [3.05, 3.63) is 47.4 Å². The molecular formula is C23H27N7O3. The highest BCUT2D eigenvalue weighted by Crippen LogP contribution is 2.43. The van der Waals surface area contributed by atoms with Crippen molar-refractivity contribution in [2.45, 2.75) is 55.9 Å². The second kappa shape index (κ2) is 7.67. The van der Waals surface area contributed by atoms with Gasteiger partial charge in [-0.2, -0.15) is 9.61 Å². The van der Waals surface area contributed by atoms with E-state index in [1.807, 2.05) is 19.2 Å². The highest BCUT2D eigenvalue weighted by molar-refractivity contribution is 6.00. The van der Waals surface area contributed by atoms with Gasteiger partial charge in [-0.25, -0.2) is 9.97 Å². The van der Waals surface area contributed by atoms with Crippen LogP contribution in [0.3, 0.4) is 0 Å². The molecule has 172 valence electrons. The average Bonchev–Trinajstić information content (AvgIpc) is 3.40. The Labute approximate surface area is 190 Å². The van der Waals surface area contributed by atoms with E-state index in [0.717, 1.165) is 48.7 Å². The van der Waals surface area contributed by atoms with Gasteiger partial charge in [-0.15, -0.1) is 0 Å². The fraction of sp³-hybridized carbons (Fsp3) is 0.478. The van der Waals surface area contributed by atoms with Crippen LogP contribution in [0.5, 0.6) is 0 Å². The standard InChI is InChI=1S/C23H27N7O3/c1-24-20-9-18(16-11-29(12-7-13(31)8-12)21-14(16)3-2-6-25-21)27-22-15(10-26-30(20)22)23(33)28-17-4-5-19(17)32/h2-3,6,9-10,12-13,16-17,19,24,31-32H,4-5,7-8,11H2,1H3,(H,28,33)/t12-,13+,16?,17-,19+/m0/s1. The van der Waals surface area contributed by atoms with E-state index < -0.39 is 6.10 Å². The molecule has 0 radical (unpaired) electrons. The largest absolute Gasteiger partial charge is 0.393 e. The third-order valence-corrected chi connectivity index (χ3v) is 7.28. The number of hydrogen-bond acceptors (Lipinski definition) is 8. The Bertz CT molecular complexity index is 1220. The normalized spacial score (nSPS) is 28.2. The van der Waals surface area contributed by atoms with E-state index in [1.165, 1.54) is 6.20 Å². The molecule has 1 aliphatic heterocycles. The van der Waals surface area contributed by atoms with Gasteiger partial charge in [0.2, 0.25) is 0 Å². The van der Waals surface area contributed by atoms with E-state index in [1.54, 1.807) is 10.7 Å². The van der Waals surface area contributed by atoms with Crippen molar-refractivity contribution in [1.82, 2.24) is 24.9 Å². The molecule has 3 atom stereocenters. The Morgan fingerprint density at radius 1 is 1.24 bits per heavy atom. The number of pyridine rings is 1. The predicted molar refractivity (Wildman–Crippen MR) is 121 cm³/mol. The number of nitrogens with zero attached hydrogens (tertiary/aromatic N) is 5. The molecule has 1 amide bonds. The summed E-state index contributed by atoms with van der Waals surface area (Å²) in [6.45, 7) is 0.722. The summed E-state index contributed by atoms with van der Waals surface area (Å²) in [4.78, 5) is 24.8. The summed E-state index contributed by atoms with van der Waals surface area (Å²) in [6.07, 6.45) is 5.56. The minimum absolute atomic E-state index is 0.0113. The van der Waals surface area contributed by atoms with Gasteiger partial charge in [-0.1, -0.05) is 6.07 Å². The maximum atomic E-state index is 12.9. The van der Waals surface area contributed by atoms with Gasteiger partial charge in [0.15, 0.2) is 5.65 Å². The van der Waals surface area contributed by atoms with Gasteiger partial charge in [-0.3, -0.25) is 4.79 Å². The van der Waals surface area contributed by atoms with Crippen LogP contribution >= 0.6 is 0 Å². The minimum atomic E-state index is -0.495. The summed E-state index contributed by atoms with van der Waals surface area (Å²) in [7, 11) is 1.82. The van der Waals surface area contributed by atoms with Gasteiger partial charge in [0.05, 0.1) is 30.1 Å². The van der Waals surface area contributed by atoms with E-state index >= 15 is 0 Å². The van der Waals surface area contributed by atoms with Crippen LogP contribution in [0.2, 0.25) is 0 Å². The number of carbonyl (C=O) groups excluding carboxylic acids is 1. The van der Waals surface area contributed by atoms with E-state index in [9.17, 15) is 15.0 Å². The van der Waals surface area contributed by atoms with E-state index in [2.05, 4.69) is 31.7 Å². The summed E-state index contributed by atoms with van der Waals surface area (Å²) in [5.41, 5.74) is 2.80. The van der Waals surface area contributed by atoms with Crippen LogP contribution < -0.4 is 15.5 Å². The molecule has 4 heterocycles. The number of hydrogen-bond donors (Lipinski definition) is 4. The number of carbonyl (C=O) groups is 1. The molecule has 2 aliphatic carbocycles. The summed E-state index contributed by atoms with van der Waals surface area (Å²) >= 11 is 0. The molecular weight excluding hydrogens is 422 g/mol. The second-order valence-electron chi connectivity index (χ2n) is 9.23. The molecule has 2 fully saturated rings. The Balaban J connectivity index is 1.38. The molecule has 3 aromatic rings. The van der Waals surface area contributed by atoms with Crippen molar-refractivity contribution in [3.63, 3.8) is 0 Å². The summed E-state index contributed by atoms with van der Waals surface area (Å²) in [5, 5.41) is 30.1. The van der Waals surface area contributed by atoms with E-state index in [0.29, 0.717) is 17.6 Å². The van der Waals surface area contributed by atoms with Crippen LogP contribution in [-0.2, 0) is 0 Å². The number of amides is 1. The number of aliphatic hydroxyl groups is 2. The molecule has 6 rings (SSSR count). The van der Waals surface area contributed by atoms with Crippen LogP contribution in [0.4, 0.5) is 11.6 Å². The number of aliphatic hydroxyl groups excluding tert-OH is 2. The van der Waals surface area contributed by atoms with Crippen molar-refractivity contribution in [1.29, 1.82) is 0 Å². The van der Waals surface area contributed by atoms with Crippen LogP contribution in [-0.4, -0.2) is 73.6 Å². The zero-order valence-corrected chi connectivity index (χ0v) is 18.3. The lowest BCUT2D eigenvalue weighted by Gasteiger charge is -2.39. The number of rotatable bonds is 5. The number of anilines is 2. The summed E-state index contributed by atoms with van der Waals surface area (Å²) < 4.78 is 1.63. The van der Waals surface area contributed by atoms with Crippen molar-refractivity contribution in [2.24, 2.45) is 0 Å². The molecule has 1 unspecified atom stereocenters. The van der Waals surface area contributed by atoms with Crippen molar-refractivity contribution >= 4 is 23.2 Å². The Morgan fingerprint density at radius 3 is 2.79 bits per heavy atom. The molecule has 2 saturated carbocycles. The predicted octanol–water partition coefficient (Wildman–Crippen LogP) is 0.894. The lowest BCUT2D eigenvalue weighted by Crippen LogP contribution is -2.50. The number of aromatic nitrogens is 4. The molecule has 10 nitrogen and oxygen atoms in total. The maximum absolute atomic E-state index is 12.9. The molecule has 4 N–H and O–H groups in total. The summed E-state index contributed by atoms with van der Waals surface area (Å²) in [6, 6.07) is 6.03. The first-order chi connectivity index (χ1) is 16.0. The minimum Gasteiger partial charge on any atom is -0.393 e. The van der Waals surface area contributed by atoms with Crippen molar-refractivity contribution in [3.8, 4) is 0 Å². The molecule has 0 saturated heterocycles. The zero-order valence-electron chi connectivity index (χ0n) is 18.3. The lowest BCUT2D eigenvalue weighted by atomic mass is 9.88. The smallest absolute Gasteiger partial charge is 0.257 e. The zero-order chi connectivity index (χ0) is 22.7. The molecule has 3 aromatic heterocycles. The lowest BCUT2D eigenvalue weighted by molar-refractivity contribution is 0.0448. The SMILES string of the molecule is CNc1cc(C2CN([C@H]3C[C@@H](O)C3)c3ncccc32)nc2c(C(=O)N[C@H]3CC[C@H]3O)cnn12. The second-order valence-corrected chi connectivity index (χ2v) is 9.23. The quantitative estimate of drug-likeness (QED) is 0.452. The van der Waals surface area contributed by atoms with Gasteiger partial charge in [0.25, 0.3) is 5.91 Å². The van der Waals surface area contributed by atoms with E-state index in [4.69, 9.17) is 4.98 Å². The summed E-state index contributed by atoms with van der Waals surface area (Å²) in [5.74, 6) is 1.39. The Morgan fingerprint density at radius 2 is 2.09 bits per heavy atom. The molecule has 3 aliphatic rings. The van der Waals surface area contributed by atoms with Crippen molar-refractivity contribution < 1.29 is 15.0 Å². The monoisotopic (exact) mass is 449 g/mol. The van der Waals surface area contributed by atoms with Gasteiger partial charge in [-0.05, 0) is 31.7 Å². The fourth-order valence-electron chi connectivity index (χ4n) is 5.09. The first-order valence-corrected chi connectivity index (χ1v) is 11.5. The van der Waals surface area contributed by atoms with Gasteiger partial charge in [0.1, 0.15) is 17.2 Å². The van der Waals surface area contributed by atoms with E-state index in [-0.39, 0.29) is 30.0 Å². The van der Waals surface area contributed by atoms with Gasteiger partial charge in [0, 0.05) is 43.4 Å². The highest BCUT2D eigenvalue weighted by atomic mass is 16.3. The molecule has 33 heavy (non-hydrogen) atoms. The van der Waals surface area contributed by atoms with Gasteiger partial charge < -0.3 is 25.7 Å².